The molecule has 26 heavy (non-hydrogen) atoms. The number of aromatic nitrogens is 1. The summed E-state index contributed by atoms with van der Waals surface area (Å²) in [5.41, 5.74) is -1.14. The number of hydrogen-bond donors (Lipinski definition) is 0. The van der Waals surface area contributed by atoms with Gasteiger partial charge in [0.25, 0.3) is 6.26 Å². The Morgan fingerprint density at radius 3 is 2.50 bits per heavy atom. The minimum atomic E-state index is -1.83. The smallest absolute Gasteiger partial charge is 0.339 e. The van der Waals surface area contributed by atoms with Crippen molar-refractivity contribution in [2.24, 2.45) is 0 Å². The van der Waals surface area contributed by atoms with Gasteiger partial charge < -0.3 is 4.74 Å². The van der Waals surface area contributed by atoms with E-state index in [4.69, 9.17) is 16.6 Å². The number of ether oxygens (including phenoxy) is 1. The Labute approximate surface area is 148 Å². The average molecular weight is 347 g/mol. The van der Waals surface area contributed by atoms with Gasteiger partial charge in [0.2, 0.25) is 0 Å². The highest BCUT2D eigenvalue weighted by Crippen LogP contribution is 2.40. The predicted molar refractivity (Wildman–Crippen MR) is 90.1 cm³/mol. The van der Waals surface area contributed by atoms with Crippen LogP contribution < -0.4 is 0 Å². The highest BCUT2D eigenvalue weighted by Gasteiger charge is 2.47. The van der Waals surface area contributed by atoms with Gasteiger partial charge in [0, 0.05) is 17.8 Å². The maximum Gasteiger partial charge on any atom is 0.440 e. The zero-order chi connectivity index (χ0) is 18.6. The van der Waals surface area contributed by atoms with E-state index in [-0.39, 0.29) is 16.8 Å². The van der Waals surface area contributed by atoms with Gasteiger partial charge in [0.15, 0.2) is 0 Å². The Balaban J connectivity index is 2.31. The second-order valence-corrected chi connectivity index (χ2v) is 5.34. The third kappa shape index (κ3) is 2.85. The van der Waals surface area contributed by atoms with Gasteiger partial charge in [-0.15, -0.1) is 5.26 Å². The lowest BCUT2D eigenvalue weighted by molar-refractivity contribution is 0.120. The molecule has 2 aromatic carbocycles. The molecule has 1 aromatic heterocycles. The topological polar surface area (TPSA) is 50.3 Å². The zero-order valence-corrected chi connectivity index (χ0v) is 13.4. The van der Waals surface area contributed by atoms with Crippen molar-refractivity contribution in [2.75, 3.05) is 0 Å². The van der Waals surface area contributed by atoms with Crippen LogP contribution in [0.25, 0.3) is 16.1 Å². The van der Waals surface area contributed by atoms with Gasteiger partial charge in [-0.2, -0.15) is 0 Å². The summed E-state index contributed by atoms with van der Waals surface area (Å²) in [7, 11) is 0. The first-order valence-corrected chi connectivity index (χ1v) is 7.54. The first-order valence-electron chi connectivity index (χ1n) is 7.54. The monoisotopic (exact) mass is 347 g/mol. The maximum atomic E-state index is 14.3. The molecule has 3 rings (SSSR count). The summed E-state index contributed by atoms with van der Waals surface area (Å²) in [6.07, 6.45) is 2.99. The van der Waals surface area contributed by atoms with E-state index < -0.39 is 17.4 Å². The number of benzene rings is 2. The minimum Gasteiger partial charge on any atom is -0.339 e. The van der Waals surface area contributed by atoms with E-state index in [2.05, 4.69) is 9.83 Å². The van der Waals surface area contributed by atoms with Gasteiger partial charge in [-0.3, -0.25) is 9.83 Å². The maximum absolute atomic E-state index is 14.3. The molecule has 0 saturated heterocycles. The molecule has 6 heteroatoms. The van der Waals surface area contributed by atoms with E-state index in [0.717, 1.165) is 12.1 Å². The Morgan fingerprint density at radius 1 is 1.08 bits per heavy atom. The third-order valence-electron chi connectivity index (χ3n) is 3.87. The standard InChI is InChI=1S/C20H11F2N3O/c1-24-20(26-13-23,14-6-3-2-4-7-14)17-8-5-11-25-19(17)16-10-9-15(21)12-18(16)22/h2-12H. The van der Waals surface area contributed by atoms with E-state index in [0.29, 0.717) is 5.56 Å². The molecule has 0 aliphatic carbocycles. The van der Waals surface area contributed by atoms with Crippen molar-refractivity contribution in [3.8, 4) is 17.5 Å². The highest BCUT2D eigenvalue weighted by molar-refractivity contribution is 5.67. The first-order chi connectivity index (χ1) is 12.6. The second-order valence-electron chi connectivity index (χ2n) is 5.34. The van der Waals surface area contributed by atoms with Crippen LogP contribution in [-0.2, 0) is 10.5 Å². The van der Waals surface area contributed by atoms with Crippen LogP contribution in [0.2, 0.25) is 0 Å². The molecule has 0 radical (unpaired) electrons. The molecule has 0 bridgehead atoms. The number of nitriles is 1. The lowest BCUT2D eigenvalue weighted by Gasteiger charge is -2.21. The summed E-state index contributed by atoms with van der Waals surface area (Å²) in [5, 5.41) is 9.15. The Hall–Kier alpha value is -3.77. The van der Waals surface area contributed by atoms with Crippen molar-refractivity contribution in [3.05, 3.63) is 101 Å². The van der Waals surface area contributed by atoms with Crippen molar-refractivity contribution in [1.82, 2.24) is 4.98 Å². The SMILES string of the molecule is [C-]#[N+]C(OC#N)(c1ccccc1)c1cccnc1-c1ccc(F)cc1F. The molecule has 0 aliphatic rings. The molecular weight excluding hydrogens is 336 g/mol. The summed E-state index contributed by atoms with van der Waals surface area (Å²) in [5.74, 6) is -1.55. The summed E-state index contributed by atoms with van der Waals surface area (Å²) in [4.78, 5) is 7.72. The van der Waals surface area contributed by atoms with Crippen LogP contribution in [0.5, 0.6) is 0 Å². The van der Waals surface area contributed by atoms with Crippen LogP contribution >= 0.6 is 0 Å². The molecule has 0 spiro atoms. The Kier molecular flexibility index (Phi) is 4.59. The number of rotatable bonds is 4. The second kappa shape index (κ2) is 7.00. The van der Waals surface area contributed by atoms with Crippen LogP contribution in [-0.4, -0.2) is 4.98 Å². The summed E-state index contributed by atoms with van der Waals surface area (Å²) in [6, 6.07) is 14.6. The molecule has 1 heterocycles. The molecule has 1 atom stereocenters. The molecule has 1 unspecified atom stereocenters. The Morgan fingerprint density at radius 2 is 1.85 bits per heavy atom. The van der Waals surface area contributed by atoms with Gasteiger partial charge in [-0.25, -0.2) is 15.4 Å². The van der Waals surface area contributed by atoms with E-state index in [1.807, 2.05) is 0 Å². The van der Waals surface area contributed by atoms with Crippen LogP contribution in [0.3, 0.4) is 0 Å². The quantitative estimate of drug-likeness (QED) is 0.510. The normalized spacial score (nSPS) is 12.5. The van der Waals surface area contributed by atoms with Crippen molar-refractivity contribution in [1.29, 1.82) is 5.26 Å². The van der Waals surface area contributed by atoms with E-state index in [9.17, 15) is 8.78 Å². The van der Waals surface area contributed by atoms with Gasteiger partial charge in [-0.1, -0.05) is 18.2 Å². The molecule has 0 N–H and O–H groups in total. The lowest BCUT2D eigenvalue weighted by Crippen LogP contribution is -2.27. The minimum absolute atomic E-state index is 0.00694. The molecule has 3 aromatic rings. The van der Waals surface area contributed by atoms with Crippen LogP contribution in [0, 0.1) is 29.7 Å². The molecule has 0 fully saturated rings. The molecule has 126 valence electrons. The largest absolute Gasteiger partial charge is 0.440 e. The van der Waals surface area contributed by atoms with Crippen LogP contribution in [0.4, 0.5) is 8.78 Å². The van der Waals surface area contributed by atoms with Gasteiger partial charge in [0.1, 0.15) is 17.2 Å². The highest BCUT2D eigenvalue weighted by atomic mass is 19.1. The molecular formula is C20H11F2N3O. The summed E-state index contributed by atoms with van der Waals surface area (Å²) < 4.78 is 32.8. The molecule has 4 nitrogen and oxygen atoms in total. The average Bonchev–Trinajstić information content (AvgIpc) is 2.67. The Bertz CT molecular complexity index is 1030. The molecule has 0 amide bonds. The first kappa shape index (κ1) is 17.1. The van der Waals surface area contributed by atoms with E-state index in [1.54, 1.807) is 42.7 Å². The third-order valence-corrected chi connectivity index (χ3v) is 3.87. The van der Waals surface area contributed by atoms with E-state index >= 15 is 0 Å². The van der Waals surface area contributed by atoms with Crippen LogP contribution in [0.15, 0.2) is 66.9 Å². The van der Waals surface area contributed by atoms with Crippen molar-refractivity contribution in [2.45, 2.75) is 5.72 Å². The number of hydrogen-bond acceptors (Lipinski definition) is 3. The summed E-state index contributed by atoms with van der Waals surface area (Å²) in [6.45, 7) is 7.70. The number of halogens is 2. The van der Waals surface area contributed by atoms with Crippen molar-refractivity contribution in [3.63, 3.8) is 0 Å². The predicted octanol–water partition coefficient (Wildman–Crippen LogP) is 4.64. The van der Waals surface area contributed by atoms with Crippen LogP contribution in [0.1, 0.15) is 11.1 Å². The van der Waals surface area contributed by atoms with Gasteiger partial charge in [-0.05, 0) is 36.4 Å². The van der Waals surface area contributed by atoms with E-state index in [1.165, 1.54) is 18.3 Å². The molecule has 0 saturated carbocycles. The van der Waals surface area contributed by atoms with Gasteiger partial charge >= 0.3 is 5.72 Å². The zero-order valence-electron chi connectivity index (χ0n) is 13.4. The summed E-state index contributed by atoms with van der Waals surface area (Å²) >= 11 is 0. The van der Waals surface area contributed by atoms with Crippen molar-refractivity contribution < 1.29 is 13.5 Å². The molecule has 0 aliphatic heterocycles. The number of pyridine rings is 1. The lowest BCUT2D eigenvalue weighted by atomic mass is 9.91. The fraction of sp³-hybridized carbons (Fsp3) is 0.0500. The van der Waals surface area contributed by atoms with Crippen molar-refractivity contribution >= 4 is 0 Å². The fourth-order valence-electron chi connectivity index (χ4n) is 2.72. The number of nitrogens with zero attached hydrogens (tertiary/aromatic N) is 3. The van der Waals surface area contributed by atoms with Gasteiger partial charge in [0.05, 0.1) is 11.3 Å². The fourth-order valence-corrected chi connectivity index (χ4v) is 2.72.